The summed E-state index contributed by atoms with van der Waals surface area (Å²) in [6, 6.07) is 14.1. The zero-order valence-corrected chi connectivity index (χ0v) is 21.5. The molecule has 0 saturated carbocycles. The number of benzene rings is 1. The molecule has 16 heteroatoms. The summed E-state index contributed by atoms with van der Waals surface area (Å²) < 4.78 is 68.9. The summed E-state index contributed by atoms with van der Waals surface area (Å²) in [5, 5.41) is 16.0. The van der Waals surface area contributed by atoms with Crippen LogP contribution in [0.3, 0.4) is 0 Å². The van der Waals surface area contributed by atoms with Crippen LogP contribution in [-0.2, 0) is 16.1 Å². The molecule has 1 aromatic carbocycles. The second-order valence-electron chi connectivity index (χ2n) is 8.04. The minimum absolute atomic E-state index is 0.671. The van der Waals surface area contributed by atoms with Crippen LogP contribution in [0.25, 0.3) is 10.9 Å². The number of aromatic nitrogens is 2. The SMILES string of the molecule is COc1cccc2ccc(CN3CCN(c4ccc(Cl)cn4)CC3)nc12.O=C(O)C(F)(F)F.O=C(O)C(F)(F)F. The molecule has 4 rings (SSSR count). The highest BCUT2D eigenvalue weighted by Gasteiger charge is 2.38. The Morgan fingerprint density at radius 2 is 1.50 bits per heavy atom. The predicted octanol–water partition coefficient (Wildman–Crippen LogP) is 4.88. The number of carboxylic acid groups (broad SMARTS) is 2. The van der Waals surface area contributed by atoms with E-state index in [0.29, 0.717) is 5.02 Å². The lowest BCUT2D eigenvalue weighted by Crippen LogP contribution is -2.46. The summed E-state index contributed by atoms with van der Waals surface area (Å²) in [6.07, 6.45) is -8.46. The first-order valence-electron chi connectivity index (χ1n) is 11.2. The Morgan fingerprint density at radius 1 is 0.925 bits per heavy atom. The lowest BCUT2D eigenvalue weighted by Gasteiger charge is -2.35. The first-order valence-corrected chi connectivity index (χ1v) is 11.6. The molecule has 9 nitrogen and oxygen atoms in total. The Labute approximate surface area is 228 Å². The van der Waals surface area contributed by atoms with Gasteiger partial charge in [-0.3, -0.25) is 4.90 Å². The van der Waals surface area contributed by atoms with Crippen molar-refractivity contribution in [3.8, 4) is 5.75 Å². The zero-order chi connectivity index (χ0) is 30.1. The second kappa shape index (κ2) is 14.0. The van der Waals surface area contributed by atoms with Crippen LogP contribution in [0.1, 0.15) is 5.69 Å². The average molecular weight is 597 g/mol. The van der Waals surface area contributed by atoms with Gasteiger partial charge in [0.1, 0.15) is 17.1 Å². The summed E-state index contributed by atoms with van der Waals surface area (Å²) in [5.41, 5.74) is 2.00. The van der Waals surface area contributed by atoms with Crippen LogP contribution in [0.5, 0.6) is 5.75 Å². The second-order valence-corrected chi connectivity index (χ2v) is 8.47. The lowest BCUT2D eigenvalue weighted by molar-refractivity contribution is -0.193. The number of carbonyl (C=O) groups is 2. The fourth-order valence-electron chi connectivity index (χ4n) is 3.33. The fourth-order valence-corrected chi connectivity index (χ4v) is 3.44. The van der Waals surface area contributed by atoms with Crippen molar-refractivity contribution in [3.05, 3.63) is 59.4 Å². The van der Waals surface area contributed by atoms with E-state index in [9.17, 15) is 26.3 Å². The molecule has 2 aromatic heterocycles. The Hall–Kier alpha value is -3.85. The van der Waals surface area contributed by atoms with E-state index < -0.39 is 24.3 Å². The van der Waals surface area contributed by atoms with Gasteiger partial charge in [-0.1, -0.05) is 29.8 Å². The monoisotopic (exact) mass is 596 g/mol. The van der Waals surface area contributed by atoms with Gasteiger partial charge in [0, 0.05) is 44.3 Å². The van der Waals surface area contributed by atoms with Crippen molar-refractivity contribution in [2.75, 3.05) is 38.2 Å². The number of ether oxygens (including phenoxy) is 1. The van der Waals surface area contributed by atoms with Gasteiger partial charge < -0.3 is 19.8 Å². The number of halogens is 7. The number of pyridine rings is 2. The number of fused-ring (bicyclic) bond motifs is 1. The maximum absolute atomic E-state index is 10.6. The molecule has 0 aliphatic carbocycles. The molecule has 218 valence electrons. The number of methoxy groups -OCH3 is 1. The van der Waals surface area contributed by atoms with Gasteiger partial charge in [-0.25, -0.2) is 19.6 Å². The van der Waals surface area contributed by atoms with E-state index in [1.807, 2.05) is 24.3 Å². The van der Waals surface area contributed by atoms with Gasteiger partial charge in [0.05, 0.1) is 17.8 Å². The molecule has 1 saturated heterocycles. The summed E-state index contributed by atoms with van der Waals surface area (Å²) >= 11 is 5.92. The molecule has 2 N–H and O–H groups in total. The number of piperazine rings is 1. The van der Waals surface area contributed by atoms with Crippen LogP contribution in [0.4, 0.5) is 32.2 Å². The lowest BCUT2D eigenvalue weighted by atomic mass is 10.2. The normalized spacial score (nSPS) is 13.9. The third-order valence-electron chi connectivity index (χ3n) is 5.24. The maximum Gasteiger partial charge on any atom is 0.490 e. The number of alkyl halides is 6. The van der Waals surface area contributed by atoms with Crippen LogP contribution in [0.2, 0.25) is 5.02 Å². The third-order valence-corrected chi connectivity index (χ3v) is 5.46. The van der Waals surface area contributed by atoms with E-state index in [1.165, 1.54) is 0 Å². The highest BCUT2D eigenvalue weighted by atomic mass is 35.5. The quantitative estimate of drug-likeness (QED) is 0.407. The van der Waals surface area contributed by atoms with Gasteiger partial charge >= 0.3 is 24.3 Å². The summed E-state index contributed by atoms with van der Waals surface area (Å²) in [6.45, 7) is 4.71. The van der Waals surface area contributed by atoms with Crippen molar-refractivity contribution in [1.82, 2.24) is 14.9 Å². The Kier molecular flexibility index (Phi) is 11.3. The van der Waals surface area contributed by atoms with Gasteiger partial charge in [0.15, 0.2) is 0 Å². The van der Waals surface area contributed by atoms with Crippen molar-refractivity contribution < 1.29 is 50.9 Å². The maximum atomic E-state index is 10.6. The number of rotatable bonds is 4. The summed E-state index contributed by atoms with van der Waals surface area (Å²) in [5.74, 6) is -3.70. The molecule has 0 amide bonds. The van der Waals surface area contributed by atoms with Crippen molar-refractivity contribution in [3.63, 3.8) is 0 Å². The van der Waals surface area contributed by atoms with Crippen LogP contribution < -0.4 is 9.64 Å². The molecule has 0 bridgehead atoms. The van der Waals surface area contributed by atoms with Crippen LogP contribution in [0, 0.1) is 0 Å². The Balaban J connectivity index is 0.000000333. The molecule has 1 fully saturated rings. The van der Waals surface area contributed by atoms with Gasteiger partial charge in [0.25, 0.3) is 0 Å². The smallest absolute Gasteiger partial charge is 0.490 e. The van der Waals surface area contributed by atoms with Gasteiger partial charge in [0.2, 0.25) is 0 Å². The van der Waals surface area contributed by atoms with Gasteiger partial charge in [-0.05, 0) is 24.3 Å². The molecule has 0 spiro atoms. The topological polar surface area (TPSA) is 116 Å². The van der Waals surface area contributed by atoms with E-state index in [4.69, 9.17) is 41.1 Å². The van der Waals surface area contributed by atoms with Crippen molar-refractivity contribution in [2.45, 2.75) is 18.9 Å². The molecular weight excluding hydrogens is 574 g/mol. The number of aliphatic carboxylic acids is 2. The van der Waals surface area contributed by atoms with Crippen LogP contribution >= 0.6 is 11.6 Å². The standard InChI is InChI=1S/C20H21ClN4O.2C2HF3O2/c1-26-18-4-2-3-15-5-7-17(23-20(15)18)14-24-9-11-25(12-10-24)19-8-6-16(21)13-22-19;2*3-2(4,5)1(6)7/h2-8,13H,9-12,14H2,1H3;2*(H,6,7). The van der Waals surface area contributed by atoms with Crippen molar-refractivity contribution >= 4 is 40.3 Å². The number of hydrogen-bond acceptors (Lipinski definition) is 7. The molecule has 0 radical (unpaired) electrons. The molecular formula is C24H23ClF6N4O5. The first-order chi connectivity index (χ1) is 18.6. The molecule has 40 heavy (non-hydrogen) atoms. The number of carboxylic acids is 2. The van der Waals surface area contributed by atoms with Crippen LogP contribution in [0.15, 0.2) is 48.7 Å². The number of nitrogens with zero attached hydrogens (tertiary/aromatic N) is 4. The number of anilines is 1. The molecule has 0 atom stereocenters. The van der Waals surface area contributed by atoms with E-state index in [2.05, 4.69) is 33.0 Å². The molecule has 3 heterocycles. The van der Waals surface area contributed by atoms with Crippen LogP contribution in [-0.4, -0.2) is 82.7 Å². The highest BCUT2D eigenvalue weighted by Crippen LogP contribution is 2.24. The molecule has 1 aliphatic heterocycles. The minimum atomic E-state index is -5.08. The fraction of sp³-hybridized carbons (Fsp3) is 0.333. The average Bonchev–Trinajstić information content (AvgIpc) is 2.89. The first kappa shape index (κ1) is 32.4. The molecule has 3 aromatic rings. The summed E-state index contributed by atoms with van der Waals surface area (Å²) in [7, 11) is 1.69. The highest BCUT2D eigenvalue weighted by molar-refractivity contribution is 6.30. The van der Waals surface area contributed by atoms with E-state index >= 15 is 0 Å². The van der Waals surface area contributed by atoms with Gasteiger partial charge in [-0.2, -0.15) is 26.3 Å². The minimum Gasteiger partial charge on any atom is -0.494 e. The third kappa shape index (κ3) is 10.0. The van der Waals surface area contributed by atoms with Crippen molar-refractivity contribution in [2.24, 2.45) is 0 Å². The van der Waals surface area contributed by atoms with E-state index in [0.717, 1.165) is 60.9 Å². The van der Waals surface area contributed by atoms with E-state index in [-0.39, 0.29) is 0 Å². The van der Waals surface area contributed by atoms with Gasteiger partial charge in [-0.15, -0.1) is 0 Å². The van der Waals surface area contributed by atoms with E-state index in [1.54, 1.807) is 13.3 Å². The van der Waals surface area contributed by atoms with Crippen molar-refractivity contribution in [1.29, 1.82) is 0 Å². The number of hydrogen-bond donors (Lipinski definition) is 2. The molecule has 1 aliphatic rings. The Bertz CT molecular complexity index is 1260. The Morgan fingerprint density at radius 3 is 1.98 bits per heavy atom. The predicted molar refractivity (Wildman–Crippen MR) is 132 cm³/mol. The number of para-hydroxylation sites is 1. The molecule has 0 unspecified atom stereocenters. The zero-order valence-electron chi connectivity index (χ0n) is 20.7. The largest absolute Gasteiger partial charge is 0.494 e. The summed E-state index contributed by atoms with van der Waals surface area (Å²) in [4.78, 5) is 31.7.